The molecule has 0 aliphatic rings. The van der Waals surface area contributed by atoms with Crippen molar-refractivity contribution in [1.82, 2.24) is 5.32 Å². The first-order valence-corrected chi connectivity index (χ1v) is 7.75. The van der Waals surface area contributed by atoms with E-state index < -0.39 is 5.82 Å². The highest BCUT2D eigenvalue weighted by atomic mass is 79.9. The molecule has 2 N–H and O–H groups in total. The summed E-state index contributed by atoms with van der Waals surface area (Å²) < 4.78 is 14.3. The highest BCUT2D eigenvalue weighted by Gasteiger charge is 2.06. The lowest BCUT2D eigenvalue weighted by atomic mass is 10.2. The lowest BCUT2D eigenvalue weighted by Crippen LogP contribution is -2.12. The van der Waals surface area contributed by atoms with E-state index in [0.29, 0.717) is 22.0 Å². The Balaban J connectivity index is 1.97. The molecule has 0 radical (unpaired) electrons. The molecule has 0 heterocycles. The van der Waals surface area contributed by atoms with Gasteiger partial charge in [-0.25, -0.2) is 4.39 Å². The van der Waals surface area contributed by atoms with Gasteiger partial charge in [-0.15, -0.1) is 0 Å². The fraction of sp³-hybridized carbons (Fsp3) is 0.143. The molecule has 0 aliphatic heterocycles. The number of nitrogens with one attached hydrogen (secondary N) is 1. The van der Waals surface area contributed by atoms with Crippen LogP contribution < -0.4 is 5.32 Å². The van der Waals surface area contributed by atoms with Gasteiger partial charge in [0.2, 0.25) is 0 Å². The van der Waals surface area contributed by atoms with Gasteiger partial charge in [0, 0.05) is 13.1 Å². The monoisotopic (exact) mass is 421 g/mol. The Morgan fingerprint density at radius 2 is 1.65 bits per heavy atom. The molecule has 0 atom stereocenters. The zero-order valence-corrected chi connectivity index (χ0v) is 14.2. The van der Waals surface area contributed by atoms with Crippen molar-refractivity contribution >= 4 is 43.5 Å². The molecule has 0 saturated carbocycles. The molecule has 20 heavy (non-hydrogen) atoms. The molecule has 2 nitrogen and oxygen atoms in total. The maximum atomic E-state index is 13.0. The van der Waals surface area contributed by atoms with E-state index in [-0.39, 0.29) is 10.8 Å². The molecule has 0 aliphatic carbocycles. The predicted octanol–water partition coefficient (Wildman–Crippen LogP) is 5.00. The third kappa shape index (κ3) is 3.95. The molecule has 106 valence electrons. The Bertz CT molecular complexity index is 614. The molecular formula is C14H11Br2ClFNO. The van der Waals surface area contributed by atoms with Crippen molar-refractivity contribution in [2.24, 2.45) is 0 Å². The van der Waals surface area contributed by atoms with Crippen molar-refractivity contribution in [2.75, 3.05) is 0 Å². The van der Waals surface area contributed by atoms with Gasteiger partial charge in [-0.05, 0) is 67.3 Å². The fourth-order valence-electron chi connectivity index (χ4n) is 1.72. The summed E-state index contributed by atoms with van der Waals surface area (Å²) in [6.07, 6.45) is 0. The summed E-state index contributed by atoms with van der Waals surface area (Å²) in [6.45, 7) is 1.20. The average Bonchev–Trinajstić information content (AvgIpc) is 2.40. The molecule has 0 unspecified atom stereocenters. The van der Waals surface area contributed by atoms with E-state index in [2.05, 4.69) is 37.2 Å². The summed E-state index contributed by atoms with van der Waals surface area (Å²) in [7, 11) is 0. The van der Waals surface area contributed by atoms with Gasteiger partial charge in [0.05, 0.1) is 14.0 Å². The van der Waals surface area contributed by atoms with E-state index in [1.807, 2.05) is 12.1 Å². The molecule has 0 saturated heterocycles. The number of aromatic hydroxyl groups is 1. The third-order valence-electron chi connectivity index (χ3n) is 2.72. The minimum atomic E-state index is -0.415. The van der Waals surface area contributed by atoms with Gasteiger partial charge in [-0.2, -0.15) is 0 Å². The number of phenols is 1. The van der Waals surface area contributed by atoms with Gasteiger partial charge in [0.1, 0.15) is 11.6 Å². The topological polar surface area (TPSA) is 32.3 Å². The van der Waals surface area contributed by atoms with Gasteiger partial charge in [-0.1, -0.05) is 17.7 Å². The Kier molecular flexibility index (Phi) is 5.43. The van der Waals surface area contributed by atoms with Crippen molar-refractivity contribution in [2.45, 2.75) is 13.1 Å². The number of benzene rings is 2. The lowest BCUT2D eigenvalue weighted by Gasteiger charge is -2.08. The zero-order chi connectivity index (χ0) is 14.7. The van der Waals surface area contributed by atoms with Crippen LogP contribution in [0.4, 0.5) is 4.39 Å². The van der Waals surface area contributed by atoms with Crippen molar-refractivity contribution in [3.63, 3.8) is 0 Å². The Labute approximate surface area is 138 Å². The summed E-state index contributed by atoms with van der Waals surface area (Å²) in [4.78, 5) is 0. The predicted molar refractivity (Wildman–Crippen MR) is 85.5 cm³/mol. The van der Waals surface area contributed by atoms with Crippen LogP contribution in [0.5, 0.6) is 5.75 Å². The Morgan fingerprint density at radius 3 is 2.25 bits per heavy atom. The van der Waals surface area contributed by atoms with E-state index in [1.165, 1.54) is 6.07 Å². The molecule has 0 spiro atoms. The van der Waals surface area contributed by atoms with Crippen LogP contribution in [0.15, 0.2) is 39.3 Å². The first-order valence-electron chi connectivity index (χ1n) is 5.79. The van der Waals surface area contributed by atoms with E-state index in [0.717, 1.165) is 11.1 Å². The number of halogens is 4. The number of phenolic OH excluding ortho intramolecular Hbond substituents is 1. The first-order chi connectivity index (χ1) is 9.47. The van der Waals surface area contributed by atoms with Crippen LogP contribution in [0.25, 0.3) is 0 Å². The number of hydrogen-bond donors (Lipinski definition) is 2. The first kappa shape index (κ1) is 15.8. The minimum Gasteiger partial charge on any atom is -0.506 e. The van der Waals surface area contributed by atoms with Gasteiger partial charge < -0.3 is 10.4 Å². The molecule has 0 amide bonds. The molecule has 2 aromatic rings. The average molecular weight is 424 g/mol. The van der Waals surface area contributed by atoms with Crippen LogP contribution in [0.1, 0.15) is 11.1 Å². The van der Waals surface area contributed by atoms with Crippen molar-refractivity contribution < 1.29 is 9.50 Å². The third-order valence-corrected chi connectivity index (χ3v) is 4.22. The smallest absolute Gasteiger partial charge is 0.143 e. The van der Waals surface area contributed by atoms with Crippen molar-refractivity contribution in [3.8, 4) is 5.75 Å². The molecule has 0 bridgehead atoms. The lowest BCUT2D eigenvalue weighted by molar-refractivity contribution is 0.468. The molecule has 6 heteroatoms. The van der Waals surface area contributed by atoms with Gasteiger partial charge in [0.25, 0.3) is 0 Å². The van der Waals surface area contributed by atoms with Crippen LogP contribution in [0.3, 0.4) is 0 Å². The maximum absolute atomic E-state index is 13.0. The second-order valence-electron chi connectivity index (χ2n) is 4.26. The highest BCUT2D eigenvalue weighted by Crippen LogP contribution is 2.33. The number of hydrogen-bond acceptors (Lipinski definition) is 2. The SMILES string of the molecule is Oc1c(Br)cc(CNCc2ccc(F)c(Cl)c2)cc1Br. The molecule has 2 aromatic carbocycles. The highest BCUT2D eigenvalue weighted by molar-refractivity contribution is 9.11. The summed E-state index contributed by atoms with van der Waals surface area (Å²) in [5.41, 5.74) is 1.92. The summed E-state index contributed by atoms with van der Waals surface area (Å²) in [5, 5.41) is 13.0. The molecule has 0 aromatic heterocycles. The van der Waals surface area contributed by atoms with Gasteiger partial charge >= 0.3 is 0 Å². The zero-order valence-electron chi connectivity index (χ0n) is 10.3. The quantitative estimate of drug-likeness (QED) is 0.726. The van der Waals surface area contributed by atoms with Gasteiger partial charge in [-0.3, -0.25) is 0 Å². The number of rotatable bonds is 4. The molecule has 2 rings (SSSR count). The summed E-state index contributed by atoms with van der Waals surface area (Å²) in [5.74, 6) is -0.235. The Hall–Kier alpha value is -0.620. The van der Waals surface area contributed by atoms with E-state index in [1.54, 1.807) is 12.1 Å². The van der Waals surface area contributed by atoms with Crippen molar-refractivity contribution in [1.29, 1.82) is 0 Å². The van der Waals surface area contributed by atoms with Crippen LogP contribution in [-0.2, 0) is 13.1 Å². The van der Waals surface area contributed by atoms with Gasteiger partial charge in [0.15, 0.2) is 0 Å². The van der Waals surface area contributed by atoms with Crippen LogP contribution >= 0.6 is 43.5 Å². The standard InChI is InChI=1S/C14H11Br2ClFNO/c15-10-3-9(4-11(16)14(10)20)7-19-6-8-1-2-13(18)12(17)5-8/h1-5,19-20H,6-7H2. The van der Waals surface area contributed by atoms with E-state index in [9.17, 15) is 9.50 Å². The second kappa shape index (κ2) is 6.89. The maximum Gasteiger partial charge on any atom is 0.143 e. The normalized spacial score (nSPS) is 10.8. The second-order valence-corrected chi connectivity index (χ2v) is 6.38. The molecular weight excluding hydrogens is 412 g/mol. The Morgan fingerprint density at radius 1 is 1.05 bits per heavy atom. The minimum absolute atomic E-state index is 0.124. The van der Waals surface area contributed by atoms with Crippen LogP contribution in [0, 0.1) is 5.82 Å². The van der Waals surface area contributed by atoms with E-state index in [4.69, 9.17) is 11.6 Å². The fourth-order valence-corrected chi connectivity index (χ4v) is 3.21. The summed E-state index contributed by atoms with van der Waals surface area (Å²) in [6, 6.07) is 8.33. The summed E-state index contributed by atoms with van der Waals surface area (Å²) >= 11 is 12.3. The van der Waals surface area contributed by atoms with Crippen LogP contribution in [-0.4, -0.2) is 5.11 Å². The molecule has 0 fully saturated rings. The van der Waals surface area contributed by atoms with Crippen LogP contribution in [0.2, 0.25) is 5.02 Å². The van der Waals surface area contributed by atoms with E-state index >= 15 is 0 Å². The largest absolute Gasteiger partial charge is 0.506 e. The van der Waals surface area contributed by atoms with Crippen molar-refractivity contribution in [3.05, 3.63) is 61.2 Å².